The van der Waals surface area contributed by atoms with Crippen molar-refractivity contribution >= 4 is 5.91 Å². The van der Waals surface area contributed by atoms with Gasteiger partial charge in [-0.05, 0) is 73.1 Å². The minimum absolute atomic E-state index is 0.0105. The number of aliphatic hydroxyl groups is 1. The molecule has 2 aliphatic rings. The number of carbonyl (C=O) groups excluding carboxylic acids is 1. The third-order valence-corrected chi connectivity index (χ3v) is 6.46. The van der Waals surface area contributed by atoms with Gasteiger partial charge in [0.05, 0.1) is 6.10 Å². The predicted octanol–water partition coefficient (Wildman–Crippen LogP) is 3.54. The van der Waals surface area contributed by atoms with E-state index in [1.54, 1.807) is 24.3 Å². The van der Waals surface area contributed by atoms with Gasteiger partial charge in [0.2, 0.25) is 0 Å². The average molecular weight is 493 g/mol. The van der Waals surface area contributed by atoms with Crippen LogP contribution in [0.15, 0.2) is 42.5 Å². The number of fused-ring (bicyclic) bond motifs is 1. The second kappa shape index (κ2) is 11.4. The van der Waals surface area contributed by atoms with Crippen molar-refractivity contribution in [1.82, 2.24) is 10.6 Å². The van der Waals surface area contributed by atoms with Crippen LogP contribution in [0.2, 0.25) is 0 Å². The fraction of sp³-hybridized carbons (Fsp3) is 0.500. The van der Waals surface area contributed by atoms with Crippen molar-refractivity contribution in [2.24, 2.45) is 0 Å². The van der Waals surface area contributed by atoms with Crippen molar-refractivity contribution < 1.29 is 32.5 Å². The molecule has 4 rings (SSSR count). The van der Waals surface area contributed by atoms with E-state index < -0.39 is 18.8 Å². The van der Waals surface area contributed by atoms with E-state index in [1.807, 2.05) is 18.2 Å². The molecule has 0 bridgehead atoms. The minimum atomic E-state index is -4.62. The van der Waals surface area contributed by atoms with E-state index in [9.17, 15) is 18.0 Å². The van der Waals surface area contributed by atoms with Gasteiger partial charge in [0, 0.05) is 31.3 Å². The van der Waals surface area contributed by atoms with Crippen LogP contribution in [0.5, 0.6) is 5.75 Å². The van der Waals surface area contributed by atoms with Crippen molar-refractivity contribution in [2.45, 2.75) is 63.1 Å². The molecule has 3 N–H and O–H groups in total. The van der Waals surface area contributed by atoms with E-state index in [4.69, 9.17) is 14.6 Å². The van der Waals surface area contributed by atoms with Crippen LogP contribution in [0.25, 0.3) is 0 Å². The second-order valence-corrected chi connectivity index (χ2v) is 9.17. The SMILES string of the molecule is O=C(N[C@H]1CCc2cc(CNCC(O)C(F)(F)F)ccc2C1)c1ccc(OC[C@@H]2CCCO2)cc1. The smallest absolute Gasteiger partial charge is 0.415 e. The Morgan fingerprint density at radius 2 is 1.94 bits per heavy atom. The van der Waals surface area contributed by atoms with E-state index >= 15 is 0 Å². The molecule has 9 heteroatoms. The molecule has 1 fully saturated rings. The molecular formula is C26H31F3N2O4. The van der Waals surface area contributed by atoms with Crippen molar-refractivity contribution in [3.05, 3.63) is 64.7 Å². The number of ether oxygens (including phenoxy) is 2. The molecule has 0 spiro atoms. The molecule has 0 aromatic heterocycles. The number of aliphatic hydroxyl groups excluding tert-OH is 1. The summed E-state index contributed by atoms with van der Waals surface area (Å²) in [6, 6.07) is 12.9. The van der Waals surface area contributed by atoms with Crippen LogP contribution in [0.4, 0.5) is 13.2 Å². The van der Waals surface area contributed by atoms with Crippen LogP contribution < -0.4 is 15.4 Å². The molecule has 3 atom stereocenters. The zero-order valence-electron chi connectivity index (χ0n) is 19.4. The first-order valence-electron chi connectivity index (χ1n) is 12.0. The van der Waals surface area contributed by atoms with Crippen molar-refractivity contribution in [3.8, 4) is 5.75 Å². The highest BCUT2D eigenvalue weighted by atomic mass is 19.4. The number of benzene rings is 2. The summed E-state index contributed by atoms with van der Waals surface area (Å²) in [5.41, 5.74) is 3.70. The Bertz CT molecular complexity index is 991. The lowest BCUT2D eigenvalue weighted by Gasteiger charge is -2.26. The highest BCUT2D eigenvalue weighted by molar-refractivity contribution is 5.94. The van der Waals surface area contributed by atoms with Gasteiger partial charge in [-0.15, -0.1) is 0 Å². The Morgan fingerprint density at radius 1 is 1.14 bits per heavy atom. The molecule has 190 valence electrons. The molecule has 1 heterocycles. The third kappa shape index (κ3) is 7.19. The summed E-state index contributed by atoms with van der Waals surface area (Å²) < 4.78 is 48.5. The minimum Gasteiger partial charge on any atom is -0.491 e. The number of halogens is 3. The Hall–Kier alpha value is -2.62. The van der Waals surface area contributed by atoms with Crippen molar-refractivity contribution in [1.29, 1.82) is 0 Å². The molecule has 6 nitrogen and oxygen atoms in total. The lowest BCUT2D eigenvalue weighted by molar-refractivity contribution is -0.201. The fourth-order valence-electron chi connectivity index (χ4n) is 4.45. The topological polar surface area (TPSA) is 79.8 Å². The van der Waals surface area contributed by atoms with Gasteiger partial charge in [-0.25, -0.2) is 0 Å². The number of nitrogens with one attached hydrogen (secondary N) is 2. The average Bonchev–Trinajstić information content (AvgIpc) is 3.36. The molecule has 2 aromatic carbocycles. The number of amides is 1. The van der Waals surface area contributed by atoms with E-state index in [-0.39, 0.29) is 24.6 Å². The van der Waals surface area contributed by atoms with E-state index in [0.717, 1.165) is 49.0 Å². The summed E-state index contributed by atoms with van der Waals surface area (Å²) >= 11 is 0. The van der Waals surface area contributed by atoms with Gasteiger partial charge >= 0.3 is 6.18 Å². The summed E-state index contributed by atoms with van der Waals surface area (Å²) in [5, 5.41) is 14.8. The number of alkyl halides is 3. The van der Waals surface area contributed by atoms with Crippen LogP contribution >= 0.6 is 0 Å². The van der Waals surface area contributed by atoms with Gasteiger partial charge in [-0.1, -0.05) is 18.2 Å². The number of aryl methyl sites for hydroxylation is 1. The van der Waals surface area contributed by atoms with Crippen LogP contribution in [-0.2, 0) is 24.1 Å². The highest BCUT2D eigenvalue weighted by Crippen LogP contribution is 2.24. The largest absolute Gasteiger partial charge is 0.491 e. The molecule has 0 radical (unpaired) electrons. The zero-order chi connectivity index (χ0) is 24.8. The molecule has 0 saturated carbocycles. The van der Waals surface area contributed by atoms with E-state index in [1.165, 1.54) is 0 Å². The number of carbonyl (C=O) groups is 1. The molecule has 2 aromatic rings. The lowest BCUT2D eigenvalue weighted by Crippen LogP contribution is -2.39. The van der Waals surface area contributed by atoms with Crippen molar-refractivity contribution in [3.63, 3.8) is 0 Å². The molecule has 1 amide bonds. The van der Waals surface area contributed by atoms with Gasteiger partial charge in [0.15, 0.2) is 6.10 Å². The molecule has 1 unspecified atom stereocenters. The Kier molecular flexibility index (Phi) is 8.30. The normalized spacial score (nSPS) is 20.8. The maximum atomic E-state index is 12.7. The second-order valence-electron chi connectivity index (χ2n) is 9.17. The first-order chi connectivity index (χ1) is 16.8. The van der Waals surface area contributed by atoms with Crippen LogP contribution in [-0.4, -0.2) is 55.2 Å². The maximum absolute atomic E-state index is 12.7. The maximum Gasteiger partial charge on any atom is 0.415 e. The summed E-state index contributed by atoms with van der Waals surface area (Å²) in [6.45, 7) is 0.999. The van der Waals surface area contributed by atoms with E-state index in [2.05, 4.69) is 10.6 Å². The summed E-state index contributed by atoms with van der Waals surface area (Å²) in [7, 11) is 0. The Morgan fingerprint density at radius 3 is 2.66 bits per heavy atom. The summed E-state index contributed by atoms with van der Waals surface area (Å²) in [5.74, 6) is 0.579. The monoisotopic (exact) mass is 492 g/mol. The molecule has 1 aliphatic carbocycles. The Balaban J connectivity index is 1.24. The molecule has 1 saturated heterocycles. The van der Waals surface area contributed by atoms with Crippen LogP contribution in [0.1, 0.15) is 46.3 Å². The van der Waals surface area contributed by atoms with Crippen molar-refractivity contribution in [2.75, 3.05) is 19.8 Å². The molecular weight excluding hydrogens is 461 g/mol. The van der Waals surface area contributed by atoms with Crippen LogP contribution in [0, 0.1) is 0 Å². The molecule has 35 heavy (non-hydrogen) atoms. The van der Waals surface area contributed by atoms with Crippen LogP contribution in [0.3, 0.4) is 0 Å². The third-order valence-electron chi connectivity index (χ3n) is 6.46. The van der Waals surface area contributed by atoms with Gasteiger partial charge in [-0.3, -0.25) is 4.79 Å². The quantitative estimate of drug-likeness (QED) is 0.499. The van der Waals surface area contributed by atoms with E-state index in [0.29, 0.717) is 24.3 Å². The summed E-state index contributed by atoms with van der Waals surface area (Å²) in [6.07, 6.45) is -2.53. The molecule has 1 aliphatic heterocycles. The van der Waals surface area contributed by atoms with Gasteiger partial charge in [0.1, 0.15) is 12.4 Å². The summed E-state index contributed by atoms with van der Waals surface area (Å²) in [4.78, 5) is 12.7. The number of rotatable bonds is 9. The standard InChI is InChI=1S/C26H31F3N2O4/c27-26(28,29)24(32)15-30-14-17-3-4-20-13-21(8-5-19(20)12-17)31-25(33)18-6-9-22(10-7-18)35-16-23-2-1-11-34-23/h3-4,6-7,9-10,12,21,23-24,30,32H,1-2,5,8,11,13-16H2,(H,31,33)/t21-,23-,24?/m0/s1. The van der Waals surface area contributed by atoms with Gasteiger partial charge < -0.3 is 25.2 Å². The zero-order valence-corrected chi connectivity index (χ0v) is 19.4. The number of hydrogen-bond acceptors (Lipinski definition) is 5. The fourth-order valence-corrected chi connectivity index (χ4v) is 4.45. The van der Waals surface area contributed by atoms with Gasteiger partial charge in [-0.2, -0.15) is 13.2 Å². The van der Waals surface area contributed by atoms with Gasteiger partial charge in [0.25, 0.3) is 5.91 Å². The highest BCUT2D eigenvalue weighted by Gasteiger charge is 2.37. The Labute approximate surface area is 202 Å². The first-order valence-corrected chi connectivity index (χ1v) is 12.0. The lowest BCUT2D eigenvalue weighted by atomic mass is 9.87. The predicted molar refractivity (Wildman–Crippen MR) is 124 cm³/mol. The first kappa shape index (κ1) is 25.5. The number of hydrogen-bond donors (Lipinski definition) is 3.